The van der Waals surface area contributed by atoms with Crippen LogP contribution in [0.5, 0.6) is 28.7 Å². The van der Waals surface area contributed by atoms with Gasteiger partial charge in [0.1, 0.15) is 22.6 Å². The Labute approximate surface area is 180 Å². The highest BCUT2D eigenvalue weighted by Crippen LogP contribution is 2.42. The number of carboxylic acids is 1. The van der Waals surface area contributed by atoms with E-state index in [0.717, 1.165) is 12.8 Å². The van der Waals surface area contributed by atoms with E-state index in [1.807, 2.05) is 13.8 Å². The van der Waals surface area contributed by atoms with E-state index in [1.165, 1.54) is 19.2 Å². The van der Waals surface area contributed by atoms with Gasteiger partial charge in [0, 0.05) is 6.07 Å². The van der Waals surface area contributed by atoms with E-state index in [4.69, 9.17) is 9.47 Å². The number of carbonyl (C=O) groups is 2. The van der Waals surface area contributed by atoms with Gasteiger partial charge in [-0.25, -0.2) is 9.59 Å². The third-order valence-corrected chi connectivity index (χ3v) is 4.91. The van der Waals surface area contributed by atoms with Gasteiger partial charge in [-0.15, -0.1) is 0 Å². The van der Waals surface area contributed by atoms with Gasteiger partial charge in [-0.05, 0) is 42.5 Å². The molecule has 168 valence electrons. The predicted octanol–water partition coefficient (Wildman–Crippen LogP) is 4.41. The fraction of sp³-hybridized carbons (Fsp3) is 0.391. The molecule has 0 unspecified atom stereocenters. The number of unbranched alkanes of at least 4 members (excludes halogenated alkanes) is 2. The molecule has 0 radical (unpaired) electrons. The molecule has 0 fully saturated rings. The average Bonchev–Trinajstić information content (AvgIpc) is 2.70. The molecule has 31 heavy (non-hydrogen) atoms. The molecule has 0 aliphatic heterocycles. The van der Waals surface area contributed by atoms with Crippen LogP contribution in [0.25, 0.3) is 0 Å². The maximum Gasteiger partial charge on any atom is 0.347 e. The van der Waals surface area contributed by atoms with Crippen molar-refractivity contribution in [3.63, 3.8) is 0 Å². The minimum atomic E-state index is -1.40. The van der Waals surface area contributed by atoms with Crippen molar-refractivity contribution in [3.05, 3.63) is 40.5 Å². The number of aryl methyl sites for hydroxylation is 2. The summed E-state index contributed by atoms with van der Waals surface area (Å²) in [7, 11) is 1.42. The lowest BCUT2D eigenvalue weighted by molar-refractivity contribution is 0.0676. The van der Waals surface area contributed by atoms with Crippen LogP contribution in [0.3, 0.4) is 0 Å². The Morgan fingerprint density at radius 3 is 2.13 bits per heavy atom. The minimum absolute atomic E-state index is 0.148. The Morgan fingerprint density at radius 2 is 1.55 bits per heavy atom. The van der Waals surface area contributed by atoms with Gasteiger partial charge in [-0.1, -0.05) is 33.1 Å². The number of carbonyl (C=O) groups excluding carboxylic acids is 1. The van der Waals surface area contributed by atoms with Gasteiger partial charge in [0.15, 0.2) is 11.5 Å². The lowest BCUT2D eigenvalue weighted by Gasteiger charge is -2.16. The van der Waals surface area contributed by atoms with Crippen molar-refractivity contribution >= 4 is 11.9 Å². The van der Waals surface area contributed by atoms with Crippen LogP contribution in [0.2, 0.25) is 0 Å². The Hall–Kier alpha value is -3.42. The average molecular weight is 432 g/mol. The lowest BCUT2D eigenvalue weighted by atomic mass is 9.99. The van der Waals surface area contributed by atoms with E-state index in [-0.39, 0.29) is 16.9 Å². The first kappa shape index (κ1) is 23.9. The fourth-order valence-electron chi connectivity index (χ4n) is 3.41. The number of phenols is 3. The summed E-state index contributed by atoms with van der Waals surface area (Å²) in [6.07, 6.45) is 3.89. The third-order valence-electron chi connectivity index (χ3n) is 4.91. The Morgan fingerprint density at radius 1 is 0.871 bits per heavy atom. The topological polar surface area (TPSA) is 134 Å². The van der Waals surface area contributed by atoms with Gasteiger partial charge < -0.3 is 29.9 Å². The molecular formula is C23H28O8. The van der Waals surface area contributed by atoms with Crippen molar-refractivity contribution in [2.75, 3.05) is 7.11 Å². The maximum atomic E-state index is 12.8. The summed E-state index contributed by atoms with van der Waals surface area (Å²) < 4.78 is 10.3. The van der Waals surface area contributed by atoms with Crippen LogP contribution in [-0.2, 0) is 12.8 Å². The number of esters is 1. The molecule has 8 nitrogen and oxygen atoms in total. The van der Waals surface area contributed by atoms with Crippen LogP contribution in [-0.4, -0.2) is 39.5 Å². The van der Waals surface area contributed by atoms with Crippen molar-refractivity contribution in [3.8, 4) is 28.7 Å². The lowest BCUT2D eigenvalue weighted by Crippen LogP contribution is -2.14. The second kappa shape index (κ2) is 10.6. The fourth-order valence-corrected chi connectivity index (χ4v) is 3.41. The van der Waals surface area contributed by atoms with E-state index in [0.29, 0.717) is 37.0 Å². The maximum absolute atomic E-state index is 12.8. The molecule has 0 saturated carbocycles. The molecular weight excluding hydrogens is 404 g/mol. The van der Waals surface area contributed by atoms with Gasteiger partial charge >= 0.3 is 11.9 Å². The highest BCUT2D eigenvalue weighted by Gasteiger charge is 2.27. The normalized spacial score (nSPS) is 10.7. The van der Waals surface area contributed by atoms with Crippen LogP contribution >= 0.6 is 0 Å². The van der Waals surface area contributed by atoms with Crippen molar-refractivity contribution < 1.29 is 39.5 Å². The van der Waals surface area contributed by atoms with Gasteiger partial charge in [0.2, 0.25) is 5.75 Å². The Bertz CT molecular complexity index is 965. The Kier molecular flexibility index (Phi) is 8.13. The highest BCUT2D eigenvalue weighted by atomic mass is 16.5. The summed E-state index contributed by atoms with van der Waals surface area (Å²) in [5.41, 5.74) is 0.127. The number of ether oxygens (including phenoxy) is 2. The number of methoxy groups -OCH3 is 1. The minimum Gasteiger partial charge on any atom is -0.507 e. The molecule has 4 N–H and O–H groups in total. The highest BCUT2D eigenvalue weighted by molar-refractivity contribution is 5.98. The summed E-state index contributed by atoms with van der Waals surface area (Å²) in [5, 5.41) is 40.7. The van der Waals surface area contributed by atoms with Crippen molar-refractivity contribution in [1.82, 2.24) is 0 Å². The second-order valence-electron chi connectivity index (χ2n) is 7.19. The molecule has 0 spiro atoms. The summed E-state index contributed by atoms with van der Waals surface area (Å²) in [4.78, 5) is 24.5. The molecule has 0 saturated heterocycles. The number of hydrogen-bond donors (Lipinski definition) is 4. The number of rotatable bonds is 10. The molecule has 0 bridgehead atoms. The van der Waals surface area contributed by atoms with E-state index < -0.39 is 34.8 Å². The van der Waals surface area contributed by atoms with Crippen LogP contribution < -0.4 is 9.47 Å². The smallest absolute Gasteiger partial charge is 0.347 e. The first-order valence-corrected chi connectivity index (χ1v) is 10.2. The molecule has 0 aromatic heterocycles. The van der Waals surface area contributed by atoms with E-state index >= 15 is 0 Å². The van der Waals surface area contributed by atoms with Crippen LogP contribution in [0.15, 0.2) is 18.2 Å². The van der Waals surface area contributed by atoms with Crippen LogP contribution in [0, 0.1) is 0 Å². The molecule has 2 rings (SSSR count). The summed E-state index contributed by atoms with van der Waals surface area (Å²) in [6, 6.07) is 4.01. The standard InChI is InChI=1S/C23H28O8/c1-4-6-7-9-14-11-17(25)21(20(26)19(14)22(27)28)31-23(29)18-13(8-5-2)10-15(30-3)12-16(18)24/h10-12,24-26H,4-9H2,1-3H3,(H,27,28). The number of phenolic OH excluding ortho intramolecular Hbond substituents is 2. The van der Waals surface area contributed by atoms with Crippen molar-refractivity contribution in [2.24, 2.45) is 0 Å². The zero-order valence-corrected chi connectivity index (χ0v) is 17.9. The van der Waals surface area contributed by atoms with Crippen molar-refractivity contribution in [2.45, 2.75) is 52.4 Å². The van der Waals surface area contributed by atoms with E-state index in [1.54, 1.807) is 6.07 Å². The van der Waals surface area contributed by atoms with Gasteiger partial charge in [0.25, 0.3) is 0 Å². The van der Waals surface area contributed by atoms with E-state index in [2.05, 4.69) is 0 Å². The Balaban J connectivity index is 2.48. The number of aromatic hydroxyl groups is 3. The molecule has 8 heteroatoms. The summed E-state index contributed by atoms with van der Waals surface area (Å²) in [6.45, 7) is 3.89. The molecule has 2 aromatic rings. The molecule has 2 aromatic carbocycles. The number of hydrogen-bond acceptors (Lipinski definition) is 7. The number of carboxylic acid groups (broad SMARTS) is 1. The van der Waals surface area contributed by atoms with Crippen LogP contribution in [0.4, 0.5) is 0 Å². The monoisotopic (exact) mass is 432 g/mol. The SMILES string of the molecule is CCCCCc1cc(O)c(OC(=O)c2c(O)cc(OC)cc2CCC)c(O)c1C(=O)O. The van der Waals surface area contributed by atoms with Gasteiger partial charge in [0.05, 0.1) is 7.11 Å². The molecule has 0 amide bonds. The molecule has 0 heterocycles. The number of aromatic carboxylic acids is 1. The molecule has 0 aliphatic carbocycles. The first-order valence-electron chi connectivity index (χ1n) is 10.2. The summed E-state index contributed by atoms with van der Waals surface area (Å²) in [5.74, 6) is -4.54. The third kappa shape index (κ3) is 5.39. The summed E-state index contributed by atoms with van der Waals surface area (Å²) >= 11 is 0. The first-order chi connectivity index (χ1) is 14.7. The zero-order chi connectivity index (χ0) is 23.1. The molecule has 0 aliphatic rings. The van der Waals surface area contributed by atoms with Crippen molar-refractivity contribution in [1.29, 1.82) is 0 Å². The van der Waals surface area contributed by atoms with E-state index in [9.17, 15) is 30.0 Å². The predicted molar refractivity (Wildman–Crippen MR) is 114 cm³/mol. The molecule has 0 atom stereocenters. The second-order valence-corrected chi connectivity index (χ2v) is 7.19. The largest absolute Gasteiger partial charge is 0.507 e. The van der Waals surface area contributed by atoms with Gasteiger partial charge in [-0.2, -0.15) is 0 Å². The van der Waals surface area contributed by atoms with Gasteiger partial charge in [-0.3, -0.25) is 0 Å². The quantitative estimate of drug-likeness (QED) is 0.246. The zero-order valence-electron chi connectivity index (χ0n) is 17.9. The van der Waals surface area contributed by atoms with Crippen LogP contribution in [0.1, 0.15) is 71.4 Å². The number of benzene rings is 2.